The molecule has 130 valence electrons. The molecule has 1 saturated carbocycles. The lowest BCUT2D eigenvalue weighted by Gasteiger charge is -2.35. The zero-order chi connectivity index (χ0) is 14.5. The van der Waals surface area contributed by atoms with Crippen molar-refractivity contribution in [3.05, 3.63) is 0 Å². The molecule has 0 amide bonds. The van der Waals surface area contributed by atoms with Crippen LogP contribution in [0.5, 0.6) is 0 Å². The zero-order valence-electron chi connectivity index (χ0n) is 15.2. The van der Waals surface area contributed by atoms with E-state index < -0.39 is 0 Å². The number of nitrogens with zero attached hydrogens (tertiary/aromatic N) is 2. The van der Waals surface area contributed by atoms with Gasteiger partial charge in [0, 0.05) is 12.3 Å². The summed E-state index contributed by atoms with van der Waals surface area (Å²) in [4.78, 5) is 0. The minimum atomic E-state index is 0. The Bertz CT molecular complexity index is 238. The smallest absolute Gasteiger partial charge is 0.235 e. The second kappa shape index (κ2) is 11.4. The molecule has 1 aliphatic rings. The third-order valence-corrected chi connectivity index (χ3v) is 7.31. The molecular formula is C16H41I2N2P+4. The average molecular weight is 546 g/mol. The Morgan fingerprint density at radius 3 is 1.43 bits per heavy atom. The molecular weight excluding hydrogens is 505 g/mol. The predicted octanol–water partition coefficient (Wildman–Crippen LogP) is -3.85. The Balaban J connectivity index is 0. The Kier molecular flexibility index (Phi) is 13.6. The molecule has 0 aliphatic heterocycles. The van der Waals surface area contributed by atoms with Crippen molar-refractivity contribution in [3.63, 3.8) is 0 Å². The zero-order valence-corrected chi connectivity index (χ0v) is 21.2. The van der Waals surface area contributed by atoms with Gasteiger partial charge < -0.3 is 8.97 Å². The summed E-state index contributed by atoms with van der Waals surface area (Å²) in [5.74, 6) is 0. The standard InChI is InChI=1S/C16H37N2P.2H2I/c1-17(2,3)12-14-19(15-13-18(4,5)6)16-10-8-7-9-11-16;;/h16H,7-15H2,1-6H3;2*1H2/q+2;2*+1. The molecule has 0 aromatic heterocycles. The van der Waals surface area contributed by atoms with Crippen LogP contribution in [0.1, 0.15) is 32.1 Å². The van der Waals surface area contributed by atoms with Gasteiger partial charge in [-0.2, -0.15) is 0 Å². The van der Waals surface area contributed by atoms with Crippen LogP contribution >= 0.6 is 7.92 Å². The molecule has 5 heteroatoms. The average Bonchev–Trinajstić information content (AvgIpc) is 2.27. The van der Waals surface area contributed by atoms with E-state index in [4.69, 9.17) is 0 Å². The van der Waals surface area contributed by atoms with Crippen molar-refractivity contribution in [2.75, 3.05) is 67.7 Å². The molecule has 0 aromatic carbocycles. The van der Waals surface area contributed by atoms with E-state index in [1.54, 1.807) is 0 Å². The summed E-state index contributed by atoms with van der Waals surface area (Å²) in [7, 11) is 14.3. The largest absolute Gasteiger partial charge is 0.331 e. The van der Waals surface area contributed by atoms with Crippen molar-refractivity contribution in [2.24, 2.45) is 0 Å². The van der Waals surface area contributed by atoms with Crippen molar-refractivity contribution >= 4 is 7.92 Å². The number of hydrogen-bond acceptors (Lipinski definition) is 0. The summed E-state index contributed by atoms with van der Waals surface area (Å²) < 4.78 is 2.27. The molecule has 0 unspecified atom stereocenters. The monoisotopic (exact) mass is 546 g/mol. The van der Waals surface area contributed by atoms with Gasteiger partial charge in [0.25, 0.3) is 0 Å². The van der Waals surface area contributed by atoms with Crippen LogP contribution in [0.3, 0.4) is 0 Å². The fourth-order valence-electron chi connectivity index (χ4n) is 2.78. The van der Waals surface area contributed by atoms with Gasteiger partial charge in [-0.1, -0.05) is 27.2 Å². The summed E-state index contributed by atoms with van der Waals surface area (Å²) in [6, 6.07) is 0. The van der Waals surface area contributed by atoms with E-state index in [0.717, 1.165) is 14.6 Å². The summed E-state index contributed by atoms with van der Waals surface area (Å²) in [6.45, 7) is 2.72. The van der Waals surface area contributed by atoms with E-state index in [0.29, 0.717) is 0 Å². The first-order valence-corrected chi connectivity index (χ1v) is 9.80. The highest BCUT2D eigenvalue weighted by Crippen LogP contribution is 2.47. The topological polar surface area (TPSA) is 0 Å². The van der Waals surface area contributed by atoms with E-state index in [1.807, 2.05) is 0 Å². The highest BCUT2D eigenvalue weighted by molar-refractivity contribution is 7.58. The van der Waals surface area contributed by atoms with Crippen LogP contribution in [0.2, 0.25) is 0 Å². The lowest BCUT2D eigenvalue weighted by atomic mass is 10.0. The van der Waals surface area contributed by atoms with Crippen molar-refractivity contribution in [3.8, 4) is 0 Å². The van der Waals surface area contributed by atoms with Crippen LogP contribution < -0.4 is 48.0 Å². The van der Waals surface area contributed by atoms with Crippen LogP contribution in [0, 0.1) is 0 Å². The molecule has 0 aromatic rings. The summed E-state index contributed by atoms with van der Waals surface area (Å²) in [5.41, 5.74) is 1.09. The molecule has 0 spiro atoms. The van der Waals surface area contributed by atoms with Gasteiger partial charge in [-0.15, -0.1) is 0 Å². The molecule has 2 nitrogen and oxygen atoms in total. The summed E-state index contributed by atoms with van der Waals surface area (Å²) in [5, 5.41) is 0. The van der Waals surface area contributed by atoms with Crippen molar-refractivity contribution in [2.45, 2.75) is 37.8 Å². The van der Waals surface area contributed by atoms with Crippen LogP contribution in [-0.2, 0) is 0 Å². The van der Waals surface area contributed by atoms with Gasteiger partial charge in [0.1, 0.15) is 0 Å². The Morgan fingerprint density at radius 2 is 1.10 bits per heavy atom. The lowest BCUT2D eigenvalue weighted by molar-refractivity contribution is -0.868. The minimum Gasteiger partial charge on any atom is -0.331 e. The van der Waals surface area contributed by atoms with Gasteiger partial charge >= 0.3 is 0 Å². The van der Waals surface area contributed by atoms with E-state index >= 15 is 0 Å². The molecule has 0 bridgehead atoms. The number of halogens is 2. The molecule has 21 heavy (non-hydrogen) atoms. The van der Waals surface area contributed by atoms with E-state index in [9.17, 15) is 0 Å². The van der Waals surface area contributed by atoms with E-state index in [-0.39, 0.29) is 55.9 Å². The molecule has 1 fully saturated rings. The first kappa shape index (κ1) is 25.1. The second-order valence-electron chi connectivity index (χ2n) is 8.36. The molecule has 0 heterocycles. The van der Waals surface area contributed by atoms with E-state index in [1.165, 1.54) is 57.5 Å². The number of hydrogen-bond donors (Lipinski definition) is 0. The highest BCUT2D eigenvalue weighted by atomic mass is 127. The number of quaternary nitrogens is 2. The van der Waals surface area contributed by atoms with Crippen LogP contribution in [0.4, 0.5) is 0 Å². The summed E-state index contributed by atoms with van der Waals surface area (Å²) in [6.07, 6.45) is 10.5. The molecule has 0 radical (unpaired) electrons. The fourth-order valence-corrected chi connectivity index (χ4v) is 6.54. The van der Waals surface area contributed by atoms with Crippen LogP contribution in [0.25, 0.3) is 0 Å². The van der Waals surface area contributed by atoms with Crippen molar-refractivity contribution in [1.29, 1.82) is 0 Å². The highest BCUT2D eigenvalue weighted by Gasteiger charge is 2.26. The quantitative estimate of drug-likeness (QED) is 0.175. The third kappa shape index (κ3) is 12.8. The SMILES string of the molecule is C[N+](C)(C)CCP(CC[N+](C)(C)C)C1CCCCC1.[IH2+].[IH2+]. The summed E-state index contributed by atoms with van der Waals surface area (Å²) >= 11 is 0. The molecule has 1 rings (SSSR count). The van der Waals surface area contributed by atoms with Crippen LogP contribution in [0.15, 0.2) is 0 Å². The fraction of sp³-hybridized carbons (Fsp3) is 1.00. The Morgan fingerprint density at radius 1 is 0.714 bits per heavy atom. The molecule has 0 N–H and O–H groups in total. The normalized spacial score (nSPS) is 17.3. The third-order valence-electron chi connectivity index (χ3n) is 4.21. The van der Waals surface area contributed by atoms with Gasteiger partial charge in [-0.05, 0) is 18.5 Å². The predicted molar refractivity (Wildman–Crippen MR) is 94.9 cm³/mol. The Labute approximate surface area is 169 Å². The maximum Gasteiger partial charge on any atom is 0.235 e. The first-order valence-electron chi connectivity index (χ1n) is 8.02. The van der Waals surface area contributed by atoms with Gasteiger partial charge in [0.2, 0.25) is 48.0 Å². The van der Waals surface area contributed by atoms with Gasteiger partial charge in [0.15, 0.2) is 0 Å². The van der Waals surface area contributed by atoms with Crippen molar-refractivity contribution in [1.82, 2.24) is 0 Å². The van der Waals surface area contributed by atoms with Gasteiger partial charge in [-0.25, -0.2) is 0 Å². The van der Waals surface area contributed by atoms with Gasteiger partial charge in [0.05, 0.1) is 55.4 Å². The van der Waals surface area contributed by atoms with Crippen LogP contribution in [-0.4, -0.2) is 82.3 Å². The molecule has 0 atom stereocenters. The minimum absolute atomic E-state index is 0. The first-order chi connectivity index (χ1) is 8.67. The van der Waals surface area contributed by atoms with Gasteiger partial charge in [-0.3, -0.25) is 0 Å². The Hall–Kier alpha value is 1.81. The van der Waals surface area contributed by atoms with Crippen molar-refractivity contribution < 1.29 is 56.9 Å². The molecule has 1 aliphatic carbocycles. The second-order valence-corrected chi connectivity index (χ2v) is 11.2. The van der Waals surface area contributed by atoms with E-state index in [2.05, 4.69) is 42.3 Å². The molecule has 0 saturated heterocycles. The number of rotatable bonds is 7. The lowest BCUT2D eigenvalue weighted by Crippen LogP contribution is -3.00. The maximum atomic E-state index is 2.34. The maximum absolute atomic E-state index is 2.34.